The van der Waals surface area contributed by atoms with E-state index in [1.165, 1.54) is 12.8 Å². The second kappa shape index (κ2) is 4.49. The number of aromatic nitrogens is 3. The van der Waals surface area contributed by atoms with Crippen molar-refractivity contribution >= 4 is 17.0 Å². The molecule has 5 nitrogen and oxygen atoms in total. The van der Waals surface area contributed by atoms with Crippen LogP contribution in [0.1, 0.15) is 32.5 Å². The number of aromatic amines is 1. The highest BCUT2D eigenvalue weighted by atomic mass is 15.0. The summed E-state index contributed by atoms with van der Waals surface area (Å²) in [5, 5.41) is 3.48. The van der Waals surface area contributed by atoms with Crippen LogP contribution in [0.15, 0.2) is 12.1 Å². The van der Waals surface area contributed by atoms with Gasteiger partial charge in [-0.15, -0.1) is 0 Å². The number of fused-ring (bicyclic) bond motifs is 1. The third-order valence-electron chi connectivity index (χ3n) is 4.30. The standard InChI is InChI=1S/C14H21N5/c1-14(2,9-4-3-7-16-8-9)13-17-10-5-6-11(15)18-12(10)19-13/h5-6,9,16H,3-4,7-8H2,1-2H3,(H3,15,17,18,19). The van der Waals surface area contributed by atoms with Crippen LogP contribution in [-0.2, 0) is 5.41 Å². The van der Waals surface area contributed by atoms with Gasteiger partial charge in [-0.05, 0) is 44.0 Å². The first-order valence-electron chi connectivity index (χ1n) is 6.91. The summed E-state index contributed by atoms with van der Waals surface area (Å²) < 4.78 is 0. The van der Waals surface area contributed by atoms with E-state index >= 15 is 0 Å². The van der Waals surface area contributed by atoms with Gasteiger partial charge >= 0.3 is 0 Å². The monoisotopic (exact) mass is 259 g/mol. The molecule has 0 bridgehead atoms. The van der Waals surface area contributed by atoms with E-state index in [2.05, 4.69) is 34.1 Å². The lowest BCUT2D eigenvalue weighted by Crippen LogP contribution is -2.41. The highest BCUT2D eigenvalue weighted by molar-refractivity contribution is 5.72. The van der Waals surface area contributed by atoms with Gasteiger partial charge in [0.1, 0.15) is 11.6 Å². The third kappa shape index (κ3) is 2.18. The smallest absolute Gasteiger partial charge is 0.179 e. The van der Waals surface area contributed by atoms with E-state index in [4.69, 9.17) is 5.73 Å². The predicted octanol–water partition coefficient (Wildman–Crippen LogP) is 1.82. The summed E-state index contributed by atoms with van der Waals surface area (Å²) in [5.41, 5.74) is 7.40. The number of imidazole rings is 1. The summed E-state index contributed by atoms with van der Waals surface area (Å²) in [7, 11) is 0. The summed E-state index contributed by atoms with van der Waals surface area (Å²) >= 11 is 0. The number of H-pyrrole nitrogens is 1. The van der Waals surface area contributed by atoms with E-state index in [0.29, 0.717) is 17.4 Å². The van der Waals surface area contributed by atoms with Crippen LogP contribution in [-0.4, -0.2) is 28.0 Å². The second-order valence-corrected chi connectivity index (χ2v) is 5.96. The first kappa shape index (κ1) is 12.4. The minimum atomic E-state index is 0.0167. The van der Waals surface area contributed by atoms with E-state index in [0.717, 1.165) is 24.4 Å². The molecule has 0 aromatic carbocycles. The molecule has 4 N–H and O–H groups in total. The maximum Gasteiger partial charge on any atom is 0.179 e. The number of piperidine rings is 1. The molecule has 2 aromatic rings. The molecule has 1 unspecified atom stereocenters. The molecule has 2 aromatic heterocycles. The molecule has 0 radical (unpaired) electrons. The van der Waals surface area contributed by atoms with Crippen LogP contribution >= 0.6 is 0 Å². The van der Waals surface area contributed by atoms with Crippen LogP contribution in [0.4, 0.5) is 5.82 Å². The fourth-order valence-electron chi connectivity index (χ4n) is 2.87. The van der Waals surface area contributed by atoms with Crippen molar-refractivity contribution in [1.82, 2.24) is 20.3 Å². The highest BCUT2D eigenvalue weighted by Crippen LogP contribution is 2.34. The normalized spacial score (nSPS) is 20.8. The lowest BCUT2D eigenvalue weighted by molar-refractivity contribution is 0.243. The molecule has 0 amide bonds. The van der Waals surface area contributed by atoms with Crippen LogP contribution in [0, 0.1) is 5.92 Å². The minimum absolute atomic E-state index is 0.0167. The highest BCUT2D eigenvalue weighted by Gasteiger charge is 2.34. The van der Waals surface area contributed by atoms with Crippen molar-refractivity contribution < 1.29 is 0 Å². The Labute approximate surface area is 113 Å². The SMILES string of the molecule is CC(C)(c1nc2nc(N)ccc2[nH]1)C1CCCNC1. The summed E-state index contributed by atoms with van der Waals surface area (Å²) in [6.07, 6.45) is 2.48. The molecule has 0 spiro atoms. The maximum atomic E-state index is 5.71. The molecule has 1 aliphatic rings. The number of rotatable bonds is 2. The third-order valence-corrected chi connectivity index (χ3v) is 4.30. The van der Waals surface area contributed by atoms with Gasteiger partial charge in [-0.2, -0.15) is 0 Å². The number of hydrogen-bond acceptors (Lipinski definition) is 4. The van der Waals surface area contributed by atoms with Gasteiger partial charge in [0.25, 0.3) is 0 Å². The van der Waals surface area contributed by atoms with Crippen molar-refractivity contribution in [2.45, 2.75) is 32.1 Å². The molecule has 1 aliphatic heterocycles. The fourth-order valence-corrected chi connectivity index (χ4v) is 2.87. The minimum Gasteiger partial charge on any atom is -0.384 e. The Morgan fingerprint density at radius 1 is 1.32 bits per heavy atom. The molecule has 102 valence electrons. The molecule has 0 saturated carbocycles. The van der Waals surface area contributed by atoms with Crippen LogP contribution in [0.25, 0.3) is 11.2 Å². The van der Waals surface area contributed by atoms with Gasteiger partial charge in [-0.25, -0.2) is 9.97 Å². The number of nitrogens with one attached hydrogen (secondary N) is 2. The maximum absolute atomic E-state index is 5.71. The topological polar surface area (TPSA) is 79.6 Å². The molecule has 5 heteroatoms. The largest absolute Gasteiger partial charge is 0.384 e. The van der Waals surface area contributed by atoms with Crippen LogP contribution in [0.2, 0.25) is 0 Å². The fraction of sp³-hybridized carbons (Fsp3) is 0.571. The van der Waals surface area contributed by atoms with Gasteiger partial charge < -0.3 is 16.0 Å². The summed E-state index contributed by atoms with van der Waals surface area (Å²) in [6.45, 7) is 6.70. The second-order valence-electron chi connectivity index (χ2n) is 5.96. The Morgan fingerprint density at radius 2 is 2.16 bits per heavy atom. The molecule has 19 heavy (non-hydrogen) atoms. The van der Waals surface area contributed by atoms with Gasteiger partial charge in [0, 0.05) is 5.41 Å². The zero-order valence-corrected chi connectivity index (χ0v) is 11.5. The Morgan fingerprint density at radius 3 is 2.89 bits per heavy atom. The first-order chi connectivity index (χ1) is 9.07. The van der Waals surface area contributed by atoms with E-state index in [9.17, 15) is 0 Å². The van der Waals surface area contributed by atoms with Crippen molar-refractivity contribution in [3.8, 4) is 0 Å². The molecular formula is C14H21N5. The number of nitrogens with two attached hydrogens (primary N) is 1. The van der Waals surface area contributed by atoms with Crippen molar-refractivity contribution in [2.24, 2.45) is 5.92 Å². The predicted molar refractivity (Wildman–Crippen MR) is 76.9 cm³/mol. The van der Waals surface area contributed by atoms with Gasteiger partial charge in [-0.1, -0.05) is 13.8 Å². The van der Waals surface area contributed by atoms with E-state index < -0.39 is 0 Å². The molecule has 1 atom stereocenters. The lowest BCUT2D eigenvalue weighted by atomic mass is 9.74. The molecule has 0 aliphatic carbocycles. The average Bonchev–Trinajstić information content (AvgIpc) is 2.83. The lowest BCUT2D eigenvalue weighted by Gasteiger charge is -2.35. The van der Waals surface area contributed by atoms with Crippen molar-refractivity contribution in [3.63, 3.8) is 0 Å². The zero-order chi connectivity index (χ0) is 13.5. The Bertz CT molecular complexity index is 581. The summed E-state index contributed by atoms with van der Waals surface area (Å²) in [6, 6.07) is 3.75. The van der Waals surface area contributed by atoms with Crippen molar-refractivity contribution in [1.29, 1.82) is 0 Å². The van der Waals surface area contributed by atoms with Crippen molar-refractivity contribution in [2.75, 3.05) is 18.8 Å². The van der Waals surface area contributed by atoms with Gasteiger partial charge in [-0.3, -0.25) is 0 Å². The Hall–Kier alpha value is -1.62. The Kier molecular flexibility index (Phi) is 2.93. The summed E-state index contributed by atoms with van der Waals surface area (Å²) in [4.78, 5) is 12.3. The Balaban J connectivity index is 1.97. The number of nitrogen functional groups attached to an aromatic ring is 1. The summed E-state index contributed by atoms with van der Waals surface area (Å²) in [5.74, 6) is 2.12. The molecular weight excluding hydrogens is 238 g/mol. The number of pyridine rings is 1. The number of nitrogens with zero attached hydrogens (tertiary/aromatic N) is 2. The molecule has 1 saturated heterocycles. The number of anilines is 1. The number of hydrogen-bond donors (Lipinski definition) is 3. The van der Waals surface area contributed by atoms with Gasteiger partial charge in [0.05, 0.1) is 5.52 Å². The van der Waals surface area contributed by atoms with Gasteiger partial charge in [0.2, 0.25) is 0 Å². The molecule has 3 heterocycles. The van der Waals surface area contributed by atoms with E-state index in [-0.39, 0.29) is 5.41 Å². The van der Waals surface area contributed by atoms with Crippen LogP contribution < -0.4 is 11.1 Å². The van der Waals surface area contributed by atoms with Gasteiger partial charge in [0.15, 0.2) is 5.65 Å². The van der Waals surface area contributed by atoms with E-state index in [1.807, 2.05) is 6.07 Å². The van der Waals surface area contributed by atoms with Crippen LogP contribution in [0.5, 0.6) is 0 Å². The zero-order valence-electron chi connectivity index (χ0n) is 11.5. The first-order valence-corrected chi connectivity index (χ1v) is 6.91. The molecule has 3 rings (SSSR count). The van der Waals surface area contributed by atoms with Crippen LogP contribution in [0.3, 0.4) is 0 Å². The average molecular weight is 259 g/mol. The van der Waals surface area contributed by atoms with E-state index in [1.54, 1.807) is 6.07 Å². The molecule has 1 fully saturated rings. The van der Waals surface area contributed by atoms with Crippen molar-refractivity contribution in [3.05, 3.63) is 18.0 Å². The quantitative estimate of drug-likeness (QED) is 0.768.